The Morgan fingerprint density at radius 1 is 1.11 bits per heavy atom. The molecule has 2 atom stereocenters. The molecule has 2 aromatic carbocycles. The molecule has 7 nitrogen and oxygen atoms in total. The molecular formula is C27H36ClN3O4. The largest absolute Gasteiger partial charge is 0.497 e. The fourth-order valence-corrected chi connectivity index (χ4v) is 5.42. The van der Waals surface area contributed by atoms with Gasteiger partial charge in [0.05, 0.1) is 33.1 Å². The third-order valence-electron chi connectivity index (χ3n) is 7.07. The van der Waals surface area contributed by atoms with Gasteiger partial charge in [0.25, 0.3) is 0 Å². The molecule has 0 unspecified atom stereocenters. The van der Waals surface area contributed by atoms with Crippen LogP contribution >= 0.6 is 11.6 Å². The van der Waals surface area contributed by atoms with Gasteiger partial charge in [0.1, 0.15) is 11.5 Å². The molecule has 2 aromatic rings. The van der Waals surface area contributed by atoms with Gasteiger partial charge in [0.15, 0.2) is 0 Å². The number of carbonyl (C=O) groups is 1. The van der Waals surface area contributed by atoms with Crippen molar-refractivity contribution in [3.8, 4) is 11.5 Å². The summed E-state index contributed by atoms with van der Waals surface area (Å²) in [6.45, 7) is 6.28. The number of morpholine rings is 1. The van der Waals surface area contributed by atoms with E-state index in [2.05, 4.69) is 21.2 Å². The molecule has 0 radical (unpaired) electrons. The first-order chi connectivity index (χ1) is 17.1. The van der Waals surface area contributed by atoms with Crippen LogP contribution in [0.15, 0.2) is 42.5 Å². The van der Waals surface area contributed by atoms with Crippen LogP contribution in [0.2, 0.25) is 5.02 Å². The number of carbonyl (C=O) groups excluding carboxylic acids is 1. The number of rotatable bonds is 9. The Morgan fingerprint density at radius 2 is 1.91 bits per heavy atom. The number of nitrogens with zero attached hydrogens (tertiary/aromatic N) is 2. The summed E-state index contributed by atoms with van der Waals surface area (Å²) in [5, 5.41) is 3.83. The highest BCUT2D eigenvalue weighted by molar-refractivity contribution is 6.31. The van der Waals surface area contributed by atoms with E-state index in [1.807, 2.05) is 24.3 Å². The number of hydrogen-bond donors (Lipinski definition) is 1. The van der Waals surface area contributed by atoms with E-state index in [1.54, 1.807) is 26.4 Å². The van der Waals surface area contributed by atoms with Gasteiger partial charge in [-0.3, -0.25) is 14.6 Å². The molecule has 0 aliphatic carbocycles. The summed E-state index contributed by atoms with van der Waals surface area (Å²) >= 11 is 6.44. The number of nitrogens with one attached hydrogen (secondary N) is 1. The molecule has 0 saturated carbocycles. The Kier molecular flexibility index (Phi) is 9.26. The SMILES string of the molecule is COc1ccc(OC)c(NC(=O)CC[C@@H]2CN(Cc3ccccc3Cl)CC[C@@H]2N2CCOCC2)c1. The van der Waals surface area contributed by atoms with E-state index in [0.29, 0.717) is 35.6 Å². The molecule has 0 aromatic heterocycles. The number of halogens is 1. The molecule has 4 rings (SSSR count). The molecule has 0 spiro atoms. The number of likely N-dealkylation sites (tertiary alicyclic amines) is 1. The Bertz CT molecular complexity index is 983. The van der Waals surface area contributed by atoms with Crippen LogP contribution in [-0.4, -0.2) is 75.4 Å². The second kappa shape index (κ2) is 12.6. The highest BCUT2D eigenvalue weighted by atomic mass is 35.5. The summed E-state index contributed by atoms with van der Waals surface area (Å²) in [5.74, 6) is 1.67. The zero-order valence-corrected chi connectivity index (χ0v) is 21.4. The van der Waals surface area contributed by atoms with E-state index in [1.165, 1.54) is 0 Å². The topological polar surface area (TPSA) is 63.3 Å². The fraction of sp³-hybridized carbons (Fsp3) is 0.519. The number of hydrogen-bond acceptors (Lipinski definition) is 6. The lowest BCUT2D eigenvalue weighted by Gasteiger charge is -2.45. The number of anilines is 1. The summed E-state index contributed by atoms with van der Waals surface area (Å²) in [4.78, 5) is 18.0. The van der Waals surface area contributed by atoms with Crippen molar-refractivity contribution < 1.29 is 19.0 Å². The Hall–Kier alpha value is -2.32. The smallest absolute Gasteiger partial charge is 0.224 e. The lowest BCUT2D eigenvalue weighted by atomic mass is 9.86. The van der Waals surface area contributed by atoms with Crippen molar-refractivity contribution in [2.45, 2.75) is 31.8 Å². The first-order valence-electron chi connectivity index (χ1n) is 12.4. The van der Waals surface area contributed by atoms with Crippen molar-refractivity contribution in [1.82, 2.24) is 9.80 Å². The normalized spacial score (nSPS) is 21.5. The number of piperidine rings is 1. The summed E-state index contributed by atoms with van der Waals surface area (Å²) in [5.41, 5.74) is 1.78. The van der Waals surface area contributed by atoms with Gasteiger partial charge < -0.3 is 19.5 Å². The van der Waals surface area contributed by atoms with Crippen molar-refractivity contribution >= 4 is 23.2 Å². The van der Waals surface area contributed by atoms with Gasteiger partial charge in [-0.15, -0.1) is 0 Å². The van der Waals surface area contributed by atoms with Crippen molar-refractivity contribution in [2.75, 3.05) is 58.9 Å². The zero-order chi connectivity index (χ0) is 24.6. The van der Waals surface area contributed by atoms with Gasteiger partial charge >= 0.3 is 0 Å². The maximum absolute atomic E-state index is 13.0. The van der Waals surface area contributed by atoms with E-state index in [9.17, 15) is 4.79 Å². The summed E-state index contributed by atoms with van der Waals surface area (Å²) in [7, 11) is 3.21. The molecule has 190 valence electrons. The fourth-order valence-electron chi connectivity index (χ4n) is 5.22. The number of ether oxygens (including phenoxy) is 3. The molecule has 1 N–H and O–H groups in total. The van der Waals surface area contributed by atoms with Crippen molar-refractivity contribution in [1.29, 1.82) is 0 Å². The Balaban J connectivity index is 1.41. The van der Waals surface area contributed by atoms with E-state index in [0.717, 1.165) is 69.4 Å². The molecule has 2 fully saturated rings. The number of benzene rings is 2. The number of methoxy groups -OCH3 is 2. The maximum atomic E-state index is 13.0. The van der Waals surface area contributed by atoms with Crippen LogP contribution in [0.25, 0.3) is 0 Å². The third-order valence-corrected chi connectivity index (χ3v) is 7.44. The van der Waals surface area contributed by atoms with Crippen LogP contribution < -0.4 is 14.8 Å². The zero-order valence-electron chi connectivity index (χ0n) is 20.7. The molecule has 2 saturated heterocycles. The highest BCUT2D eigenvalue weighted by Gasteiger charge is 2.34. The molecule has 2 aliphatic rings. The van der Waals surface area contributed by atoms with Crippen LogP contribution in [0.3, 0.4) is 0 Å². The highest BCUT2D eigenvalue weighted by Crippen LogP contribution is 2.31. The molecular weight excluding hydrogens is 466 g/mol. The quantitative estimate of drug-likeness (QED) is 0.552. The van der Waals surface area contributed by atoms with Crippen LogP contribution in [0.4, 0.5) is 5.69 Å². The molecule has 8 heteroatoms. The van der Waals surface area contributed by atoms with Crippen LogP contribution in [-0.2, 0) is 16.1 Å². The lowest BCUT2D eigenvalue weighted by molar-refractivity contribution is -0.116. The second-order valence-corrected chi connectivity index (χ2v) is 9.65. The van der Waals surface area contributed by atoms with Crippen molar-refractivity contribution in [3.63, 3.8) is 0 Å². The summed E-state index contributed by atoms with van der Waals surface area (Å²) in [6.07, 6.45) is 2.35. The average molecular weight is 502 g/mol. The van der Waals surface area contributed by atoms with Gasteiger partial charge in [-0.1, -0.05) is 29.8 Å². The predicted molar refractivity (Wildman–Crippen MR) is 138 cm³/mol. The predicted octanol–water partition coefficient (Wildman–Crippen LogP) is 4.30. The molecule has 2 aliphatic heterocycles. The first kappa shape index (κ1) is 25.8. The lowest BCUT2D eigenvalue weighted by Crippen LogP contribution is -2.53. The van der Waals surface area contributed by atoms with Gasteiger partial charge in [-0.05, 0) is 49.1 Å². The Labute approximate surface area is 213 Å². The minimum Gasteiger partial charge on any atom is -0.497 e. The van der Waals surface area contributed by atoms with E-state index in [-0.39, 0.29) is 5.91 Å². The van der Waals surface area contributed by atoms with Crippen molar-refractivity contribution in [3.05, 3.63) is 53.1 Å². The Morgan fingerprint density at radius 3 is 2.66 bits per heavy atom. The van der Waals surface area contributed by atoms with E-state index < -0.39 is 0 Å². The minimum absolute atomic E-state index is 0.0134. The second-order valence-electron chi connectivity index (χ2n) is 9.24. The molecule has 0 bridgehead atoms. The molecule has 1 amide bonds. The minimum atomic E-state index is -0.0134. The van der Waals surface area contributed by atoms with Crippen LogP contribution in [0.5, 0.6) is 11.5 Å². The molecule has 35 heavy (non-hydrogen) atoms. The maximum Gasteiger partial charge on any atom is 0.224 e. The summed E-state index contributed by atoms with van der Waals surface area (Å²) < 4.78 is 16.3. The van der Waals surface area contributed by atoms with Gasteiger partial charge in [0, 0.05) is 49.7 Å². The van der Waals surface area contributed by atoms with Crippen LogP contribution in [0.1, 0.15) is 24.8 Å². The first-order valence-corrected chi connectivity index (χ1v) is 12.7. The number of amides is 1. The van der Waals surface area contributed by atoms with Crippen LogP contribution in [0, 0.1) is 5.92 Å². The monoisotopic (exact) mass is 501 g/mol. The van der Waals surface area contributed by atoms with Crippen molar-refractivity contribution in [2.24, 2.45) is 5.92 Å². The third kappa shape index (κ3) is 6.88. The molecule has 2 heterocycles. The summed E-state index contributed by atoms with van der Waals surface area (Å²) in [6, 6.07) is 13.9. The van der Waals surface area contributed by atoms with Gasteiger partial charge in [0.2, 0.25) is 5.91 Å². The van der Waals surface area contributed by atoms with E-state index >= 15 is 0 Å². The standard InChI is InChI=1S/C27H36ClN3O4/c1-33-22-8-9-26(34-2)24(17-22)29-27(32)10-7-21-19-30(18-20-5-3-4-6-23(20)28)12-11-25(21)31-13-15-35-16-14-31/h3-6,8-9,17,21,25H,7,10-16,18-19H2,1-2H3,(H,29,32)/t21-,25+/m1/s1. The van der Waals surface area contributed by atoms with Gasteiger partial charge in [-0.2, -0.15) is 0 Å². The average Bonchev–Trinajstić information content (AvgIpc) is 2.89. The van der Waals surface area contributed by atoms with Gasteiger partial charge in [-0.25, -0.2) is 0 Å². The van der Waals surface area contributed by atoms with E-state index in [4.69, 9.17) is 25.8 Å².